The van der Waals surface area contributed by atoms with E-state index in [-0.39, 0.29) is 24.0 Å². The molecule has 1 saturated carbocycles. The zero-order chi connectivity index (χ0) is 18.8. The van der Waals surface area contributed by atoms with Gasteiger partial charge < -0.3 is 20.1 Å². The number of nitrogens with one attached hydrogen (secondary N) is 2. The summed E-state index contributed by atoms with van der Waals surface area (Å²) in [5.41, 5.74) is 2.30. The Labute approximate surface area is 181 Å². The second-order valence-corrected chi connectivity index (χ2v) is 6.66. The summed E-state index contributed by atoms with van der Waals surface area (Å²) in [6.45, 7) is 9.17. The average molecular weight is 490 g/mol. The average Bonchev–Trinajstić information content (AvgIpc) is 3.48. The molecule has 0 saturated heterocycles. The van der Waals surface area contributed by atoms with Gasteiger partial charge in [-0.15, -0.1) is 24.0 Å². The first-order valence-electron chi connectivity index (χ1n) is 9.57. The summed E-state index contributed by atoms with van der Waals surface area (Å²) in [6.07, 6.45) is 2.69. The van der Waals surface area contributed by atoms with E-state index in [0.29, 0.717) is 19.8 Å². The van der Waals surface area contributed by atoms with Crippen LogP contribution in [0.5, 0.6) is 5.75 Å². The molecule has 1 fully saturated rings. The number of likely N-dealkylation sites (N-methyl/N-ethyl adjacent to an activating group) is 1. The van der Waals surface area contributed by atoms with Gasteiger partial charge in [0.1, 0.15) is 12.4 Å². The molecular weight excluding hydrogens is 455 g/mol. The zero-order valence-electron chi connectivity index (χ0n) is 17.1. The van der Waals surface area contributed by atoms with Gasteiger partial charge in [-0.05, 0) is 37.9 Å². The van der Waals surface area contributed by atoms with E-state index in [1.807, 2.05) is 0 Å². The smallest absolute Gasteiger partial charge is 0.191 e. The van der Waals surface area contributed by atoms with Crippen LogP contribution in [-0.2, 0) is 11.3 Å². The molecule has 154 valence electrons. The molecule has 2 rings (SSSR count). The number of aryl methyl sites for hydroxylation is 1. The van der Waals surface area contributed by atoms with E-state index in [4.69, 9.17) is 9.47 Å². The molecule has 0 heterocycles. The van der Waals surface area contributed by atoms with Crippen LogP contribution in [0.1, 0.15) is 30.9 Å². The topological polar surface area (TPSA) is 58.1 Å². The van der Waals surface area contributed by atoms with Crippen LogP contribution in [0.3, 0.4) is 0 Å². The second-order valence-electron chi connectivity index (χ2n) is 6.66. The Balaban J connectivity index is 0.00000364. The van der Waals surface area contributed by atoms with Crippen LogP contribution in [0.2, 0.25) is 0 Å². The predicted octanol–water partition coefficient (Wildman–Crippen LogP) is 2.79. The molecule has 0 amide bonds. The van der Waals surface area contributed by atoms with Gasteiger partial charge in [0, 0.05) is 45.4 Å². The molecule has 0 aliphatic heterocycles. The van der Waals surface area contributed by atoms with Crippen LogP contribution in [0.15, 0.2) is 23.2 Å². The molecule has 27 heavy (non-hydrogen) atoms. The van der Waals surface area contributed by atoms with Crippen molar-refractivity contribution in [2.45, 2.75) is 39.3 Å². The number of methoxy groups -OCH3 is 1. The van der Waals surface area contributed by atoms with E-state index in [0.717, 1.165) is 42.9 Å². The van der Waals surface area contributed by atoms with Crippen LogP contribution in [0.4, 0.5) is 0 Å². The first-order valence-corrected chi connectivity index (χ1v) is 9.57. The molecule has 1 aliphatic rings. The van der Waals surface area contributed by atoms with Crippen molar-refractivity contribution in [3.8, 4) is 5.75 Å². The standard InChI is InChI=1S/C20H34N4O2.HI/c1-5-24(18-8-9-18)11-10-22-20(21-3)23-15-17-7-6-16(2)14-19(17)26-13-12-25-4;/h6-7,14,18H,5,8-13,15H2,1-4H3,(H2,21,22,23);1H. The number of halogens is 1. The third-order valence-corrected chi connectivity index (χ3v) is 4.60. The van der Waals surface area contributed by atoms with Crippen LogP contribution in [-0.4, -0.2) is 63.9 Å². The summed E-state index contributed by atoms with van der Waals surface area (Å²) >= 11 is 0. The first-order chi connectivity index (χ1) is 12.7. The Hall–Kier alpha value is -1.06. The molecule has 6 nitrogen and oxygen atoms in total. The van der Waals surface area contributed by atoms with Crippen LogP contribution < -0.4 is 15.4 Å². The zero-order valence-corrected chi connectivity index (χ0v) is 19.4. The summed E-state index contributed by atoms with van der Waals surface area (Å²) < 4.78 is 10.9. The van der Waals surface area contributed by atoms with Gasteiger partial charge in [0.2, 0.25) is 0 Å². The predicted molar refractivity (Wildman–Crippen MR) is 122 cm³/mol. The summed E-state index contributed by atoms with van der Waals surface area (Å²) in [5.74, 6) is 1.72. The number of guanidine groups is 1. The Kier molecular flexibility index (Phi) is 11.7. The van der Waals surface area contributed by atoms with E-state index < -0.39 is 0 Å². The Morgan fingerprint density at radius 1 is 1.26 bits per heavy atom. The number of hydrogen-bond donors (Lipinski definition) is 2. The quantitative estimate of drug-likeness (QED) is 0.216. The van der Waals surface area contributed by atoms with Crippen molar-refractivity contribution in [3.63, 3.8) is 0 Å². The van der Waals surface area contributed by atoms with Gasteiger partial charge in [0.05, 0.1) is 6.61 Å². The summed E-state index contributed by atoms with van der Waals surface area (Å²) in [6, 6.07) is 7.07. The summed E-state index contributed by atoms with van der Waals surface area (Å²) in [5, 5.41) is 6.79. The molecule has 1 aromatic rings. The third kappa shape index (κ3) is 8.66. The highest BCUT2D eigenvalue weighted by Crippen LogP contribution is 2.25. The van der Waals surface area contributed by atoms with Crippen LogP contribution in [0.25, 0.3) is 0 Å². The maximum atomic E-state index is 5.85. The van der Waals surface area contributed by atoms with Crippen LogP contribution >= 0.6 is 24.0 Å². The van der Waals surface area contributed by atoms with Crippen molar-refractivity contribution in [2.24, 2.45) is 4.99 Å². The lowest BCUT2D eigenvalue weighted by atomic mass is 10.1. The lowest BCUT2D eigenvalue weighted by Crippen LogP contribution is -2.41. The molecule has 1 aliphatic carbocycles. The minimum atomic E-state index is 0. The lowest BCUT2D eigenvalue weighted by Gasteiger charge is -2.21. The van der Waals surface area contributed by atoms with Crippen molar-refractivity contribution >= 4 is 29.9 Å². The van der Waals surface area contributed by atoms with E-state index in [1.54, 1.807) is 14.2 Å². The highest BCUT2D eigenvalue weighted by Gasteiger charge is 2.27. The molecule has 7 heteroatoms. The molecule has 1 aromatic carbocycles. The first kappa shape index (κ1) is 24.0. The minimum absolute atomic E-state index is 0. The third-order valence-electron chi connectivity index (χ3n) is 4.60. The fourth-order valence-corrected chi connectivity index (χ4v) is 2.93. The molecule has 0 atom stereocenters. The van der Waals surface area contributed by atoms with E-state index >= 15 is 0 Å². The fourth-order valence-electron chi connectivity index (χ4n) is 2.93. The maximum Gasteiger partial charge on any atom is 0.191 e. The van der Waals surface area contributed by atoms with Crippen molar-refractivity contribution < 1.29 is 9.47 Å². The molecule has 2 N–H and O–H groups in total. The van der Waals surface area contributed by atoms with Gasteiger partial charge in [-0.3, -0.25) is 9.89 Å². The maximum absolute atomic E-state index is 5.85. The van der Waals surface area contributed by atoms with E-state index in [2.05, 4.69) is 52.6 Å². The Morgan fingerprint density at radius 3 is 2.67 bits per heavy atom. The largest absolute Gasteiger partial charge is 0.491 e. The molecule has 0 unspecified atom stereocenters. The van der Waals surface area contributed by atoms with Crippen LogP contribution in [0, 0.1) is 6.92 Å². The van der Waals surface area contributed by atoms with Gasteiger partial charge >= 0.3 is 0 Å². The monoisotopic (exact) mass is 490 g/mol. The Morgan fingerprint density at radius 2 is 2.04 bits per heavy atom. The second kappa shape index (κ2) is 13.2. The van der Waals surface area contributed by atoms with E-state index in [9.17, 15) is 0 Å². The molecule has 0 radical (unpaired) electrons. The summed E-state index contributed by atoms with van der Waals surface area (Å²) in [7, 11) is 3.49. The minimum Gasteiger partial charge on any atom is -0.491 e. The SMILES string of the molecule is CCN(CCNC(=NC)NCc1ccc(C)cc1OCCOC)C1CC1.I. The molecule has 0 aromatic heterocycles. The van der Waals surface area contributed by atoms with Crippen molar-refractivity contribution in [1.29, 1.82) is 0 Å². The molecular formula is C20H35IN4O2. The number of nitrogens with zero attached hydrogens (tertiary/aromatic N) is 2. The van der Waals surface area contributed by atoms with Crippen molar-refractivity contribution in [1.82, 2.24) is 15.5 Å². The number of ether oxygens (including phenoxy) is 2. The lowest BCUT2D eigenvalue weighted by molar-refractivity contribution is 0.145. The highest BCUT2D eigenvalue weighted by molar-refractivity contribution is 14.0. The van der Waals surface area contributed by atoms with Crippen molar-refractivity contribution in [2.75, 3.05) is 47.0 Å². The van der Waals surface area contributed by atoms with Gasteiger partial charge in [-0.2, -0.15) is 0 Å². The number of aliphatic imine (C=N–C) groups is 1. The van der Waals surface area contributed by atoms with Gasteiger partial charge in [-0.25, -0.2) is 0 Å². The summed E-state index contributed by atoms with van der Waals surface area (Å²) in [4.78, 5) is 6.85. The highest BCUT2D eigenvalue weighted by atomic mass is 127. The van der Waals surface area contributed by atoms with E-state index in [1.165, 1.54) is 18.4 Å². The number of rotatable bonds is 11. The molecule has 0 spiro atoms. The number of hydrogen-bond acceptors (Lipinski definition) is 4. The van der Waals surface area contributed by atoms with Gasteiger partial charge in [0.15, 0.2) is 5.96 Å². The van der Waals surface area contributed by atoms with Gasteiger partial charge in [-0.1, -0.05) is 19.1 Å². The van der Waals surface area contributed by atoms with Gasteiger partial charge in [0.25, 0.3) is 0 Å². The van der Waals surface area contributed by atoms with Crippen molar-refractivity contribution in [3.05, 3.63) is 29.3 Å². The fraction of sp³-hybridized carbons (Fsp3) is 0.650. The normalized spacial score (nSPS) is 14.0. The molecule has 0 bridgehead atoms. The number of benzene rings is 1. The Bertz CT molecular complexity index is 579.